The fourth-order valence-corrected chi connectivity index (χ4v) is 7.98. The molecule has 2 aliphatic rings. The Bertz CT molecular complexity index is 779. The van der Waals surface area contributed by atoms with Crippen LogP contribution in [0, 0.1) is 27.1 Å². The fourth-order valence-electron chi connectivity index (χ4n) is 7.98. The van der Waals surface area contributed by atoms with Gasteiger partial charge in [-0.1, -0.05) is 94.4 Å². The normalized spacial score (nSPS) is 37.3. The first-order chi connectivity index (χ1) is 11.9. The first-order valence-electron chi connectivity index (χ1n) is 10.7. The van der Waals surface area contributed by atoms with E-state index in [2.05, 4.69) is 119 Å². The Morgan fingerprint density at radius 1 is 0.593 bits per heavy atom. The summed E-state index contributed by atoms with van der Waals surface area (Å²) in [5.41, 5.74) is 3.58. The summed E-state index contributed by atoms with van der Waals surface area (Å²) < 4.78 is 0. The summed E-state index contributed by atoms with van der Waals surface area (Å²) in [6.07, 6.45) is 0. The molecular formula is C26H43N. The molecule has 1 aromatic carbocycles. The summed E-state index contributed by atoms with van der Waals surface area (Å²) in [4.78, 5) is 2.65. The summed E-state index contributed by atoms with van der Waals surface area (Å²) in [7, 11) is 2.35. The number of anilines is 1. The number of para-hydroxylation sites is 1. The average Bonchev–Trinajstić information content (AvgIpc) is 2.56. The molecule has 1 aliphatic heterocycles. The third-order valence-corrected chi connectivity index (χ3v) is 12.0. The van der Waals surface area contributed by atoms with Crippen LogP contribution in [0.2, 0.25) is 0 Å². The van der Waals surface area contributed by atoms with Crippen molar-refractivity contribution in [1.29, 1.82) is 0 Å². The molecular weight excluding hydrogens is 326 g/mol. The van der Waals surface area contributed by atoms with Gasteiger partial charge in [0, 0.05) is 23.7 Å². The van der Waals surface area contributed by atoms with Crippen LogP contribution in [-0.2, 0) is 5.41 Å². The number of nitrogens with zero attached hydrogens (tertiary/aromatic N) is 1. The Kier molecular flexibility index (Phi) is 3.80. The molecule has 3 rings (SSSR count). The van der Waals surface area contributed by atoms with E-state index in [1.165, 1.54) is 11.3 Å². The van der Waals surface area contributed by atoms with Crippen molar-refractivity contribution in [2.45, 2.75) is 94.0 Å². The van der Waals surface area contributed by atoms with E-state index in [0.29, 0.717) is 0 Å². The van der Waals surface area contributed by atoms with Crippen LogP contribution in [0.25, 0.3) is 0 Å². The summed E-state index contributed by atoms with van der Waals surface area (Å²) in [5, 5.41) is 0. The average molecular weight is 370 g/mol. The molecule has 2 unspecified atom stereocenters. The van der Waals surface area contributed by atoms with E-state index < -0.39 is 0 Å². The topological polar surface area (TPSA) is 3.24 Å². The smallest absolute Gasteiger partial charge is 0.0494 e. The van der Waals surface area contributed by atoms with Gasteiger partial charge in [-0.3, -0.25) is 0 Å². The second-order valence-electron chi connectivity index (χ2n) is 12.4. The van der Waals surface area contributed by atoms with Crippen molar-refractivity contribution >= 4 is 5.69 Å². The molecule has 2 atom stereocenters. The van der Waals surface area contributed by atoms with Gasteiger partial charge in [0.1, 0.15) is 0 Å². The SMILES string of the molecule is CN1c2ccccc2C(C)(C)C2(C)C(C)(C)C(C)(C)C(C)(C)C(C)(C)C12C. The molecule has 1 heterocycles. The first kappa shape index (κ1) is 20.7. The minimum atomic E-state index is 0.000370. The highest BCUT2D eigenvalue weighted by molar-refractivity contribution is 5.64. The largest absolute Gasteiger partial charge is 0.368 e. The van der Waals surface area contributed by atoms with Crippen molar-refractivity contribution in [3.8, 4) is 0 Å². The van der Waals surface area contributed by atoms with Crippen LogP contribution in [0.15, 0.2) is 24.3 Å². The minimum Gasteiger partial charge on any atom is -0.368 e. The zero-order chi connectivity index (χ0) is 21.1. The summed E-state index contributed by atoms with van der Waals surface area (Å²) in [6.45, 7) is 30.4. The standard InChI is InChI=1S/C26H43N/c1-20(2)18-16-14-15-17-19(18)27(13)26(12)24(9,10)22(5,6)21(3,4)23(7,8)25(20,26)11/h14-17H,1-13H3. The van der Waals surface area contributed by atoms with Gasteiger partial charge in [0.05, 0.1) is 0 Å². The number of benzene rings is 1. The molecule has 27 heavy (non-hydrogen) atoms. The van der Waals surface area contributed by atoms with E-state index >= 15 is 0 Å². The van der Waals surface area contributed by atoms with Crippen molar-refractivity contribution in [2.24, 2.45) is 27.1 Å². The lowest BCUT2D eigenvalue weighted by Crippen LogP contribution is -2.84. The molecule has 0 amide bonds. The van der Waals surface area contributed by atoms with Crippen molar-refractivity contribution in [1.82, 2.24) is 0 Å². The van der Waals surface area contributed by atoms with Crippen molar-refractivity contribution < 1.29 is 0 Å². The Balaban J connectivity index is 2.56. The van der Waals surface area contributed by atoms with Gasteiger partial charge >= 0.3 is 0 Å². The van der Waals surface area contributed by atoms with Gasteiger partial charge in [0.15, 0.2) is 0 Å². The van der Waals surface area contributed by atoms with E-state index in [-0.39, 0.29) is 38.0 Å². The maximum atomic E-state index is 2.65. The second-order valence-corrected chi connectivity index (χ2v) is 12.4. The zero-order valence-electron chi connectivity index (χ0n) is 20.3. The number of hydrogen-bond acceptors (Lipinski definition) is 1. The second kappa shape index (κ2) is 4.95. The van der Waals surface area contributed by atoms with Crippen LogP contribution in [0.3, 0.4) is 0 Å². The lowest BCUT2D eigenvalue weighted by Gasteiger charge is -2.83. The highest BCUT2D eigenvalue weighted by atomic mass is 15.2. The summed E-state index contributed by atoms with van der Waals surface area (Å²) in [5.74, 6) is 0. The van der Waals surface area contributed by atoms with Gasteiger partial charge < -0.3 is 4.90 Å². The Morgan fingerprint density at radius 3 is 1.56 bits per heavy atom. The third-order valence-electron chi connectivity index (χ3n) is 12.0. The van der Waals surface area contributed by atoms with E-state index in [4.69, 9.17) is 0 Å². The van der Waals surface area contributed by atoms with Gasteiger partial charge in [-0.05, 0) is 45.6 Å². The Hall–Kier alpha value is -0.980. The number of hydrogen-bond donors (Lipinski definition) is 0. The van der Waals surface area contributed by atoms with E-state index in [1.807, 2.05) is 0 Å². The van der Waals surface area contributed by atoms with Gasteiger partial charge in [-0.15, -0.1) is 0 Å². The van der Waals surface area contributed by atoms with Crippen LogP contribution in [-0.4, -0.2) is 12.6 Å². The molecule has 1 nitrogen and oxygen atoms in total. The number of rotatable bonds is 0. The molecule has 0 radical (unpaired) electrons. The zero-order valence-corrected chi connectivity index (χ0v) is 20.3. The van der Waals surface area contributed by atoms with Gasteiger partial charge in [0.25, 0.3) is 0 Å². The highest BCUT2D eigenvalue weighted by Crippen LogP contribution is 2.81. The van der Waals surface area contributed by atoms with Crippen LogP contribution < -0.4 is 4.90 Å². The molecule has 0 aromatic heterocycles. The Labute approximate surface area is 168 Å². The molecule has 0 bridgehead atoms. The maximum absolute atomic E-state index is 2.65. The number of fused-ring (bicyclic) bond motifs is 2. The summed E-state index contributed by atoms with van der Waals surface area (Å²) in [6, 6.07) is 9.12. The molecule has 0 N–H and O–H groups in total. The molecule has 0 saturated heterocycles. The van der Waals surface area contributed by atoms with Gasteiger partial charge in [-0.25, -0.2) is 0 Å². The maximum Gasteiger partial charge on any atom is 0.0494 e. The molecule has 0 spiro atoms. The molecule has 1 aliphatic carbocycles. The molecule has 1 aromatic rings. The lowest BCUT2D eigenvalue weighted by atomic mass is 9.25. The monoisotopic (exact) mass is 369 g/mol. The minimum absolute atomic E-state index is 0.000370. The van der Waals surface area contributed by atoms with Crippen molar-refractivity contribution in [3.63, 3.8) is 0 Å². The lowest BCUT2D eigenvalue weighted by molar-refractivity contribution is -0.281. The highest BCUT2D eigenvalue weighted by Gasteiger charge is 2.80. The van der Waals surface area contributed by atoms with E-state index in [9.17, 15) is 0 Å². The molecule has 152 valence electrons. The molecule has 1 fully saturated rings. The van der Waals surface area contributed by atoms with Crippen LogP contribution in [0.5, 0.6) is 0 Å². The van der Waals surface area contributed by atoms with Gasteiger partial charge in [0.2, 0.25) is 0 Å². The third kappa shape index (κ3) is 1.67. The van der Waals surface area contributed by atoms with Crippen LogP contribution >= 0.6 is 0 Å². The van der Waals surface area contributed by atoms with Crippen molar-refractivity contribution in [3.05, 3.63) is 29.8 Å². The van der Waals surface area contributed by atoms with Crippen LogP contribution in [0.1, 0.15) is 88.6 Å². The molecule has 1 heteroatoms. The predicted octanol–water partition coefficient (Wildman–Crippen LogP) is 7.30. The fraction of sp³-hybridized carbons (Fsp3) is 0.769. The van der Waals surface area contributed by atoms with E-state index in [0.717, 1.165) is 0 Å². The Morgan fingerprint density at radius 2 is 1.04 bits per heavy atom. The van der Waals surface area contributed by atoms with Gasteiger partial charge in [-0.2, -0.15) is 0 Å². The quantitative estimate of drug-likeness (QED) is 0.464. The van der Waals surface area contributed by atoms with Crippen molar-refractivity contribution in [2.75, 3.05) is 11.9 Å². The summed E-state index contributed by atoms with van der Waals surface area (Å²) >= 11 is 0. The molecule has 1 saturated carbocycles. The first-order valence-corrected chi connectivity index (χ1v) is 10.7. The van der Waals surface area contributed by atoms with E-state index in [1.54, 1.807) is 0 Å². The van der Waals surface area contributed by atoms with Crippen LogP contribution in [0.4, 0.5) is 5.69 Å². The predicted molar refractivity (Wildman–Crippen MR) is 120 cm³/mol.